The highest BCUT2D eigenvalue weighted by molar-refractivity contribution is 7.14. The molecule has 7 nitrogen and oxygen atoms in total. The van der Waals surface area contributed by atoms with Crippen molar-refractivity contribution >= 4 is 39.7 Å². The number of thiazole rings is 1. The molecule has 0 aliphatic heterocycles. The summed E-state index contributed by atoms with van der Waals surface area (Å²) in [6.07, 6.45) is 0.143. The molecule has 0 bridgehead atoms. The molecule has 2 rings (SSSR count). The first-order valence-corrected chi connectivity index (χ1v) is 8.64. The van der Waals surface area contributed by atoms with Gasteiger partial charge < -0.3 is 10.1 Å². The van der Waals surface area contributed by atoms with E-state index in [9.17, 15) is 9.59 Å². The van der Waals surface area contributed by atoms with Crippen LogP contribution in [0, 0.1) is 0 Å². The monoisotopic (exact) mass is 360 g/mol. The largest absolute Gasteiger partial charge is 0.466 e. The molecular formula is C17H20N4O3S. The molecule has 0 radical (unpaired) electrons. The second kappa shape index (κ2) is 8.93. The number of benzene rings is 1. The predicted molar refractivity (Wildman–Crippen MR) is 99.8 cm³/mol. The van der Waals surface area contributed by atoms with E-state index >= 15 is 0 Å². The fourth-order valence-corrected chi connectivity index (χ4v) is 2.65. The topological polar surface area (TPSA) is 92.7 Å². The number of nitrogens with one attached hydrogen (secondary N) is 2. The van der Waals surface area contributed by atoms with Crippen molar-refractivity contribution in [3.63, 3.8) is 0 Å². The van der Waals surface area contributed by atoms with Crippen molar-refractivity contribution in [2.75, 3.05) is 17.3 Å². The Bertz CT molecular complexity index is 768. The Labute approximate surface area is 150 Å². The van der Waals surface area contributed by atoms with Crippen molar-refractivity contribution in [3.8, 4) is 11.3 Å². The van der Waals surface area contributed by atoms with Crippen LogP contribution in [-0.2, 0) is 14.3 Å². The van der Waals surface area contributed by atoms with Gasteiger partial charge in [-0.1, -0.05) is 12.1 Å². The first-order chi connectivity index (χ1) is 12.0. The van der Waals surface area contributed by atoms with E-state index < -0.39 is 0 Å². The molecule has 0 spiro atoms. The Morgan fingerprint density at radius 1 is 1.24 bits per heavy atom. The van der Waals surface area contributed by atoms with Gasteiger partial charge in [-0.2, -0.15) is 5.10 Å². The summed E-state index contributed by atoms with van der Waals surface area (Å²) < 4.78 is 4.87. The number of aromatic nitrogens is 1. The molecule has 0 aliphatic carbocycles. The molecule has 1 heterocycles. The first-order valence-electron chi connectivity index (χ1n) is 7.76. The summed E-state index contributed by atoms with van der Waals surface area (Å²) in [6, 6.07) is 7.43. The minimum absolute atomic E-state index is 0.107. The van der Waals surface area contributed by atoms with Gasteiger partial charge in [0.2, 0.25) is 11.0 Å². The Morgan fingerprint density at radius 2 is 1.96 bits per heavy atom. The molecule has 2 aromatic rings. The van der Waals surface area contributed by atoms with Crippen LogP contribution in [0.25, 0.3) is 11.3 Å². The number of rotatable bonds is 7. The van der Waals surface area contributed by atoms with E-state index in [1.807, 2.05) is 29.6 Å². The van der Waals surface area contributed by atoms with Gasteiger partial charge in [0.1, 0.15) is 0 Å². The van der Waals surface area contributed by atoms with Gasteiger partial charge >= 0.3 is 5.97 Å². The molecule has 1 aromatic heterocycles. The van der Waals surface area contributed by atoms with Crippen LogP contribution in [0.2, 0.25) is 0 Å². The number of hydrogen-bond acceptors (Lipinski definition) is 7. The maximum atomic E-state index is 11.4. The van der Waals surface area contributed by atoms with E-state index in [0.29, 0.717) is 17.5 Å². The number of amides is 1. The van der Waals surface area contributed by atoms with E-state index in [0.717, 1.165) is 16.9 Å². The molecule has 1 amide bonds. The molecule has 25 heavy (non-hydrogen) atoms. The maximum absolute atomic E-state index is 11.4. The van der Waals surface area contributed by atoms with Gasteiger partial charge in [-0.25, -0.2) is 4.98 Å². The lowest BCUT2D eigenvalue weighted by Gasteiger charge is -2.03. The SMILES string of the molecule is CCOC(=O)C/C(C)=N/Nc1nc(-c2ccc(NC(C)=O)cc2)cs1. The standard InChI is InChI=1S/C17H20N4O3S/c1-4-24-16(23)9-11(2)20-21-17-19-15(10-25-17)13-5-7-14(8-6-13)18-12(3)22/h5-8,10H,4,9H2,1-3H3,(H,18,22)(H,19,21)/b20-11+. The van der Waals surface area contributed by atoms with Crippen molar-refractivity contribution in [3.05, 3.63) is 29.6 Å². The van der Waals surface area contributed by atoms with Crippen LogP contribution >= 0.6 is 11.3 Å². The van der Waals surface area contributed by atoms with Crippen molar-refractivity contribution < 1.29 is 14.3 Å². The summed E-state index contributed by atoms with van der Waals surface area (Å²) in [4.78, 5) is 26.9. The van der Waals surface area contributed by atoms with Gasteiger partial charge in [0.25, 0.3) is 0 Å². The normalized spacial score (nSPS) is 11.1. The van der Waals surface area contributed by atoms with Crippen LogP contribution < -0.4 is 10.7 Å². The van der Waals surface area contributed by atoms with Crippen molar-refractivity contribution in [2.24, 2.45) is 5.10 Å². The molecule has 0 fully saturated rings. The second-order valence-electron chi connectivity index (χ2n) is 5.24. The van der Waals surface area contributed by atoms with E-state index in [2.05, 4.69) is 20.8 Å². The average molecular weight is 360 g/mol. The summed E-state index contributed by atoms with van der Waals surface area (Å²) in [7, 11) is 0. The third-order valence-corrected chi connectivity index (χ3v) is 3.80. The van der Waals surface area contributed by atoms with Crippen molar-refractivity contribution in [1.29, 1.82) is 0 Å². The Kier molecular flexibility index (Phi) is 6.64. The molecule has 0 atom stereocenters. The summed E-state index contributed by atoms with van der Waals surface area (Å²) in [5, 5.41) is 9.40. The lowest BCUT2D eigenvalue weighted by atomic mass is 10.1. The average Bonchev–Trinajstić information content (AvgIpc) is 3.02. The molecular weight excluding hydrogens is 340 g/mol. The van der Waals surface area contributed by atoms with Crippen LogP contribution in [0.1, 0.15) is 27.2 Å². The number of hydrogen-bond donors (Lipinski definition) is 2. The summed E-state index contributed by atoms with van der Waals surface area (Å²) in [6.45, 7) is 5.34. The van der Waals surface area contributed by atoms with Crippen LogP contribution in [-0.4, -0.2) is 29.2 Å². The quantitative estimate of drug-likeness (QED) is 0.448. The summed E-state index contributed by atoms with van der Waals surface area (Å²) in [5.41, 5.74) is 5.95. The van der Waals surface area contributed by atoms with Crippen molar-refractivity contribution in [1.82, 2.24) is 4.98 Å². The minimum Gasteiger partial charge on any atom is -0.466 e. The van der Waals surface area contributed by atoms with Crippen LogP contribution in [0.15, 0.2) is 34.7 Å². The van der Waals surface area contributed by atoms with Gasteiger partial charge in [0, 0.05) is 29.3 Å². The lowest BCUT2D eigenvalue weighted by Crippen LogP contribution is -2.10. The number of hydrazone groups is 1. The third kappa shape index (κ3) is 6.00. The first kappa shape index (κ1) is 18.6. The minimum atomic E-state index is -0.301. The van der Waals surface area contributed by atoms with Gasteiger partial charge in [-0.3, -0.25) is 15.0 Å². The zero-order valence-electron chi connectivity index (χ0n) is 14.3. The number of esters is 1. The molecule has 0 aliphatic rings. The number of carbonyl (C=O) groups is 2. The predicted octanol–water partition coefficient (Wildman–Crippen LogP) is 3.51. The molecule has 1 aromatic carbocycles. The smallest absolute Gasteiger partial charge is 0.311 e. The second-order valence-corrected chi connectivity index (χ2v) is 6.10. The van der Waals surface area contributed by atoms with Gasteiger partial charge in [0.15, 0.2) is 0 Å². The highest BCUT2D eigenvalue weighted by atomic mass is 32.1. The molecule has 132 valence electrons. The summed E-state index contributed by atoms with van der Waals surface area (Å²) >= 11 is 1.42. The zero-order chi connectivity index (χ0) is 18.2. The van der Waals surface area contributed by atoms with E-state index in [1.165, 1.54) is 18.3 Å². The number of anilines is 2. The van der Waals surface area contributed by atoms with Crippen LogP contribution in [0.5, 0.6) is 0 Å². The third-order valence-electron chi connectivity index (χ3n) is 3.05. The Balaban J connectivity index is 1.97. The van der Waals surface area contributed by atoms with Crippen LogP contribution in [0.4, 0.5) is 10.8 Å². The molecule has 8 heteroatoms. The number of nitrogens with zero attached hydrogens (tertiary/aromatic N) is 2. The zero-order valence-corrected chi connectivity index (χ0v) is 15.1. The van der Waals surface area contributed by atoms with E-state index in [4.69, 9.17) is 4.74 Å². The maximum Gasteiger partial charge on any atom is 0.311 e. The summed E-state index contributed by atoms with van der Waals surface area (Å²) in [5.74, 6) is -0.409. The highest BCUT2D eigenvalue weighted by Crippen LogP contribution is 2.26. The Hall–Kier alpha value is -2.74. The fourth-order valence-electron chi connectivity index (χ4n) is 1.99. The highest BCUT2D eigenvalue weighted by Gasteiger charge is 2.06. The molecule has 2 N–H and O–H groups in total. The lowest BCUT2D eigenvalue weighted by molar-refractivity contribution is -0.141. The van der Waals surface area contributed by atoms with Crippen molar-refractivity contribution in [2.45, 2.75) is 27.2 Å². The van der Waals surface area contributed by atoms with E-state index in [-0.39, 0.29) is 18.3 Å². The van der Waals surface area contributed by atoms with Gasteiger partial charge in [-0.15, -0.1) is 11.3 Å². The fraction of sp³-hybridized carbons (Fsp3) is 0.294. The molecule has 0 saturated carbocycles. The number of carbonyl (C=O) groups excluding carboxylic acids is 2. The Morgan fingerprint density at radius 3 is 2.60 bits per heavy atom. The molecule has 0 saturated heterocycles. The van der Waals surface area contributed by atoms with Gasteiger partial charge in [-0.05, 0) is 26.0 Å². The van der Waals surface area contributed by atoms with Crippen LogP contribution in [0.3, 0.4) is 0 Å². The van der Waals surface area contributed by atoms with E-state index in [1.54, 1.807) is 13.8 Å². The number of ether oxygens (including phenoxy) is 1. The van der Waals surface area contributed by atoms with Gasteiger partial charge in [0.05, 0.1) is 18.7 Å². The molecule has 0 unspecified atom stereocenters.